The van der Waals surface area contributed by atoms with E-state index >= 15 is 0 Å². The maximum atomic E-state index is 12.6. The van der Waals surface area contributed by atoms with Gasteiger partial charge in [-0.05, 0) is 72.1 Å². The molecule has 10 heteroatoms. The zero-order valence-electron chi connectivity index (χ0n) is 20.2. The molecular weight excluding hydrogens is 571 g/mol. The van der Waals surface area contributed by atoms with Crippen LogP contribution in [0.25, 0.3) is 11.2 Å². The highest BCUT2D eigenvalue weighted by Crippen LogP contribution is 2.47. The normalized spacial score (nSPS) is 23.4. The number of alkyl carbamates (subject to hydrolysis) is 1. The second-order valence-electron chi connectivity index (χ2n) is 10.1. The van der Waals surface area contributed by atoms with Gasteiger partial charge in [-0.15, -0.1) is 0 Å². The summed E-state index contributed by atoms with van der Waals surface area (Å²) in [5.74, 6) is 0.887. The summed E-state index contributed by atoms with van der Waals surface area (Å²) < 4.78 is 14.1. The SMILES string of the molecule is O=C(NC1CCCC12CCN(c1cnc3c(I)nn(C4CCCO4)c3n1)CC2)OCc1ccccc1. The van der Waals surface area contributed by atoms with Gasteiger partial charge in [-0.25, -0.2) is 19.4 Å². The van der Waals surface area contributed by atoms with E-state index in [1.807, 2.05) is 41.2 Å². The zero-order valence-corrected chi connectivity index (χ0v) is 22.4. The molecule has 36 heavy (non-hydrogen) atoms. The minimum absolute atomic E-state index is 0.0582. The van der Waals surface area contributed by atoms with Crippen LogP contribution in [0.4, 0.5) is 10.6 Å². The highest BCUT2D eigenvalue weighted by atomic mass is 127. The zero-order chi connectivity index (χ0) is 24.5. The van der Waals surface area contributed by atoms with Gasteiger partial charge in [-0.2, -0.15) is 5.10 Å². The molecule has 0 radical (unpaired) electrons. The first-order chi connectivity index (χ1) is 17.6. The fourth-order valence-electron chi connectivity index (χ4n) is 6.02. The first kappa shape index (κ1) is 23.9. The Morgan fingerprint density at radius 2 is 2.00 bits per heavy atom. The molecule has 1 aliphatic carbocycles. The van der Waals surface area contributed by atoms with E-state index in [0.717, 1.165) is 90.9 Å². The lowest BCUT2D eigenvalue weighted by atomic mass is 9.74. The van der Waals surface area contributed by atoms with Gasteiger partial charge in [-0.1, -0.05) is 36.8 Å². The molecule has 2 aliphatic heterocycles. The second kappa shape index (κ2) is 10.1. The monoisotopic (exact) mass is 602 g/mol. The number of nitrogens with zero attached hydrogens (tertiary/aromatic N) is 5. The summed E-state index contributed by atoms with van der Waals surface area (Å²) in [5, 5.41) is 7.87. The molecule has 2 saturated heterocycles. The van der Waals surface area contributed by atoms with Crippen molar-refractivity contribution in [2.75, 3.05) is 24.6 Å². The summed E-state index contributed by atoms with van der Waals surface area (Å²) in [7, 11) is 0. The maximum absolute atomic E-state index is 12.6. The van der Waals surface area contributed by atoms with E-state index in [4.69, 9.17) is 19.4 Å². The summed E-state index contributed by atoms with van der Waals surface area (Å²) in [6.07, 6.45) is 8.79. The molecule has 1 spiro atoms. The minimum Gasteiger partial charge on any atom is -0.445 e. The van der Waals surface area contributed by atoms with Crippen LogP contribution in [0.5, 0.6) is 0 Å². The molecule has 1 N–H and O–H groups in total. The Morgan fingerprint density at radius 3 is 2.78 bits per heavy atom. The quantitative estimate of drug-likeness (QED) is 0.420. The highest BCUT2D eigenvalue weighted by molar-refractivity contribution is 14.1. The third-order valence-corrected chi connectivity index (χ3v) is 8.75. The van der Waals surface area contributed by atoms with Crippen LogP contribution in [-0.2, 0) is 16.1 Å². The molecule has 2 aromatic heterocycles. The van der Waals surface area contributed by atoms with Gasteiger partial charge >= 0.3 is 6.09 Å². The number of amides is 1. The molecule has 1 saturated carbocycles. The van der Waals surface area contributed by atoms with Crippen molar-refractivity contribution in [2.24, 2.45) is 5.41 Å². The summed E-state index contributed by atoms with van der Waals surface area (Å²) in [6, 6.07) is 9.95. The first-order valence-electron chi connectivity index (χ1n) is 12.9. The van der Waals surface area contributed by atoms with Gasteiger partial charge in [0.05, 0.1) is 6.20 Å². The molecule has 190 valence electrons. The molecule has 0 bridgehead atoms. The van der Waals surface area contributed by atoms with Crippen LogP contribution < -0.4 is 10.2 Å². The molecule has 4 heterocycles. The number of aromatic nitrogens is 4. The van der Waals surface area contributed by atoms with Crippen LogP contribution in [0.3, 0.4) is 0 Å². The van der Waals surface area contributed by atoms with Crippen molar-refractivity contribution in [2.45, 2.75) is 63.8 Å². The van der Waals surface area contributed by atoms with Crippen LogP contribution in [0.2, 0.25) is 0 Å². The van der Waals surface area contributed by atoms with Gasteiger partial charge in [-0.3, -0.25) is 0 Å². The molecule has 9 nitrogen and oxygen atoms in total. The third-order valence-electron chi connectivity index (χ3n) is 8.02. The standard InChI is InChI=1S/C26H31IN6O3/c27-23-22-24(33(31-23)21-9-5-15-35-21)30-20(16-28-22)32-13-11-26(12-14-32)10-4-8-19(26)29-25(34)36-17-18-6-2-1-3-7-18/h1-3,6-7,16,19,21H,4-5,8-15,17H2,(H,29,34). The van der Waals surface area contributed by atoms with Crippen LogP contribution >= 0.6 is 22.6 Å². The van der Waals surface area contributed by atoms with Gasteiger partial charge in [0.25, 0.3) is 0 Å². The average Bonchev–Trinajstić information content (AvgIpc) is 3.64. The largest absolute Gasteiger partial charge is 0.445 e. The van der Waals surface area contributed by atoms with Crippen LogP contribution in [0.15, 0.2) is 36.5 Å². The van der Waals surface area contributed by atoms with E-state index in [1.54, 1.807) is 0 Å². The van der Waals surface area contributed by atoms with Gasteiger partial charge in [0.2, 0.25) is 0 Å². The summed E-state index contributed by atoms with van der Waals surface area (Å²) >= 11 is 2.23. The number of hydrogen-bond donors (Lipinski definition) is 1. The Hall–Kier alpha value is -2.47. The Morgan fingerprint density at radius 1 is 1.17 bits per heavy atom. The van der Waals surface area contributed by atoms with Crippen LogP contribution in [0.1, 0.15) is 56.7 Å². The number of nitrogens with one attached hydrogen (secondary N) is 1. The van der Waals surface area contributed by atoms with E-state index in [-0.39, 0.29) is 23.8 Å². The predicted molar refractivity (Wildman–Crippen MR) is 144 cm³/mol. The molecule has 1 aromatic carbocycles. The molecule has 3 fully saturated rings. The summed E-state index contributed by atoms with van der Waals surface area (Å²) in [4.78, 5) is 24.6. The average molecular weight is 602 g/mol. The van der Waals surface area contributed by atoms with Crippen LogP contribution in [-0.4, -0.2) is 51.6 Å². The number of benzene rings is 1. The van der Waals surface area contributed by atoms with Crippen molar-refractivity contribution in [1.29, 1.82) is 0 Å². The lowest BCUT2D eigenvalue weighted by molar-refractivity contribution is 0.0496. The van der Waals surface area contributed by atoms with Crippen molar-refractivity contribution >= 4 is 45.7 Å². The highest BCUT2D eigenvalue weighted by Gasteiger charge is 2.45. The minimum atomic E-state index is -0.319. The fraction of sp³-hybridized carbons (Fsp3) is 0.538. The Labute approximate surface area is 224 Å². The second-order valence-corrected chi connectivity index (χ2v) is 11.1. The van der Waals surface area contributed by atoms with Crippen molar-refractivity contribution < 1.29 is 14.3 Å². The van der Waals surface area contributed by atoms with E-state index < -0.39 is 0 Å². The molecular formula is C26H31IN6O3. The van der Waals surface area contributed by atoms with E-state index in [1.165, 1.54) is 0 Å². The predicted octanol–water partition coefficient (Wildman–Crippen LogP) is 4.81. The Bertz CT molecular complexity index is 1220. The Kier molecular flexibility index (Phi) is 6.72. The van der Waals surface area contributed by atoms with Crippen molar-refractivity contribution in [3.05, 3.63) is 45.8 Å². The van der Waals surface area contributed by atoms with Gasteiger partial charge < -0.3 is 19.7 Å². The topological polar surface area (TPSA) is 94.4 Å². The van der Waals surface area contributed by atoms with E-state index in [2.05, 4.69) is 37.9 Å². The number of carbonyl (C=O) groups excluding carboxylic acids is 1. The number of hydrogen-bond acceptors (Lipinski definition) is 7. The molecule has 2 atom stereocenters. The fourth-order valence-corrected chi connectivity index (χ4v) is 6.64. The molecule has 2 unspecified atom stereocenters. The number of ether oxygens (including phenoxy) is 2. The number of anilines is 1. The van der Waals surface area contributed by atoms with E-state index in [9.17, 15) is 4.79 Å². The smallest absolute Gasteiger partial charge is 0.407 e. The van der Waals surface area contributed by atoms with Gasteiger partial charge in [0.15, 0.2) is 15.6 Å². The van der Waals surface area contributed by atoms with Gasteiger partial charge in [0, 0.05) is 25.7 Å². The Balaban J connectivity index is 1.11. The molecule has 3 aliphatic rings. The van der Waals surface area contributed by atoms with Crippen LogP contribution in [0, 0.1) is 9.12 Å². The maximum Gasteiger partial charge on any atom is 0.407 e. The number of halogens is 1. The number of fused-ring (bicyclic) bond motifs is 1. The molecule has 6 rings (SSSR count). The number of rotatable bonds is 5. The van der Waals surface area contributed by atoms with Crippen molar-refractivity contribution in [1.82, 2.24) is 25.1 Å². The lowest BCUT2D eigenvalue weighted by Crippen LogP contribution is -2.50. The molecule has 3 aromatic rings. The van der Waals surface area contributed by atoms with Crippen molar-refractivity contribution in [3.8, 4) is 0 Å². The number of piperidine rings is 1. The number of carbonyl (C=O) groups is 1. The third kappa shape index (κ3) is 4.65. The van der Waals surface area contributed by atoms with Gasteiger partial charge in [0.1, 0.15) is 17.9 Å². The molecule has 1 amide bonds. The summed E-state index contributed by atoms with van der Waals surface area (Å²) in [6.45, 7) is 2.84. The van der Waals surface area contributed by atoms with Crippen molar-refractivity contribution in [3.63, 3.8) is 0 Å². The summed E-state index contributed by atoms with van der Waals surface area (Å²) in [5.41, 5.74) is 2.74. The lowest BCUT2D eigenvalue weighted by Gasteiger charge is -2.43. The first-order valence-corrected chi connectivity index (χ1v) is 13.9. The van der Waals surface area contributed by atoms with E-state index in [0.29, 0.717) is 6.61 Å².